The van der Waals surface area contributed by atoms with Crippen molar-refractivity contribution in [1.29, 1.82) is 0 Å². The molecule has 1 aromatic rings. The molecule has 7 nitrogen and oxygen atoms in total. The van der Waals surface area contributed by atoms with Gasteiger partial charge < -0.3 is 15.1 Å². The molecule has 2 N–H and O–H groups in total. The van der Waals surface area contributed by atoms with Gasteiger partial charge in [-0.15, -0.1) is 11.8 Å². The highest BCUT2D eigenvalue weighted by Crippen LogP contribution is 2.24. The van der Waals surface area contributed by atoms with Crippen LogP contribution < -0.4 is 10.2 Å². The number of amides is 2. The van der Waals surface area contributed by atoms with Gasteiger partial charge in [0.15, 0.2) is 22.9 Å². The summed E-state index contributed by atoms with van der Waals surface area (Å²) in [6.45, 7) is 2.84. The van der Waals surface area contributed by atoms with Gasteiger partial charge in [0.05, 0.1) is 24.2 Å². The van der Waals surface area contributed by atoms with Gasteiger partial charge in [0.2, 0.25) is 0 Å². The minimum absolute atomic E-state index is 0.0454. The Morgan fingerprint density at radius 2 is 2.00 bits per heavy atom. The fraction of sp³-hybridized carbons (Fsp3) is 0.579. The van der Waals surface area contributed by atoms with E-state index in [9.17, 15) is 18.0 Å². The standard InChI is InChI=1S/C19H29N3O4S2/c1-4-10-22(15-9-11-28(25,26)14-15)19(24)13-21(2)12-18(23)20-16-7-5-6-8-17(16)27-3/h5-8,15H,4,9-14H2,1-3H3,(H,20,23)/p+1/t15-/m0/s1. The quantitative estimate of drug-likeness (QED) is 0.552. The van der Waals surface area contributed by atoms with Crippen molar-refractivity contribution in [1.82, 2.24) is 4.90 Å². The summed E-state index contributed by atoms with van der Waals surface area (Å²) in [6.07, 6.45) is 3.22. The van der Waals surface area contributed by atoms with Gasteiger partial charge in [-0.1, -0.05) is 19.1 Å². The van der Waals surface area contributed by atoms with Crippen molar-refractivity contribution in [2.75, 3.05) is 49.8 Å². The lowest BCUT2D eigenvalue weighted by Gasteiger charge is -2.28. The molecule has 0 radical (unpaired) electrons. The summed E-state index contributed by atoms with van der Waals surface area (Å²) < 4.78 is 23.5. The van der Waals surface area contributed by atoms with Crippen molar-refractivity contribution in [3.63, 3.8) is 0 Å². The second-order valence-electron chi connectivity index (χ2n) is 7.20. The number of quaternary nitrogens is 1. The third-order valence-electron chi connectivity index (χ3n) is 4.73. The third kappa shape index (κ3) is 6.49. The van der Waals surface area contributed by atoms with Gasteiger partial charge >= 0.3 is 0 Å². The van der Waals surface area contributed by atoms with Crippen LogP contribution in [0.15, 0.2) is 29.2 Å². The van der Waals surface area contributed by atoms with Gasteiger partial charge in [-0.3, -0.25) is 9.59 Å². The lowest BCUT2D eigenvalue weighted by molar-refractivity contribution is -0.862. The van der Waals surface area contributed by atoms with Crippen molar-refractivity contribution in [3.8, 4) is 0 Å². The van der Waals surface area contributed by atoms with Crippen molar-refractivity contribution in [3.05, 3.63) is 24.3 Å². The van der Waals surface area contributed by atoms with E-state index in [0.717, 1.165) is 21.9 Å². The molecule has 156 valence electrons. The minimum Gasteiger partial charge on any atom is -0.334 e. The highest BCUT2D eigenvalue weighted by Gasteiger charge is 2.35. The topological polar surface area (TPSA) is 88.0 Å². The van der Waals surface area contributed by atoms with Crippen molar-refractivity contribution < 1.29 is 22.9 Å². The van der Waals surface area contributed by atoms with Crippen LogP contribution in [-0.4, -0.2) is 75.6 Å². The van der Waals surface area contributed by atoms with E-state index in [1.54, 1.807) is 23.7 Å². The maximum atomic E-state index is 12.8. The summed E-state index contributed by atoms with van der Waals surface area (Å²) in [5.74, 6) is -0.0643. The van der Waals surface area contributed by atoms with Crippen LogP contribution in [0.1, 0.15) is 19.8 Å². The van der Waals surface area contributed by atoms with Crippen molar-refractivity contribution in [2.24, 2.45) is 0 Å². The van der Waals surface area contributed by atoms with Crippen molar-refractivity contribution in [2.45, 2.75) is 30.7 Å². The van der Waals surface area contributed by atoms with Gasteiger partial charge in [-0.25, -0.2) is 8.42 Å². The highest BCUT2D eigenvalue weighted by atomic mass is 32.2. The number of nitrogens with zero attached hydrogens (tertiary/aromatic N) is 1. The molecule has 2 amide bonds. The van der Waals surface area contributed by atoms with E-state index in [4.69, 9.17) is 0 Å². The first kappa shape index (κ1) is 22.7. The first-order chi connectivity index (χ1) is 13.3. The van der Waals surface area contributed by atoms with Crippen LogP contribution in [0.5, 0.6) is 0 Å². The van der Waals surface area contributed by atoms with Crippen LogP contribution in [0, 0.1) is 0 Å². The number of carbonyl (C=O) groups is 2. The number of anilines is 1. The molecule has 0 aliphatic carbocycles. The Balaban J connectivity index is 1.92. The molecule has 0 aromatic heterocycles. The molecule has 1 unspecified atom stereocenters. The van der Waals surface area contributed by atoms with Crippen LogP contribution in [0.4, 0.5) is 5.69 Å². The number of para-hydroxylation sites is 1. The second-order valence-corrected chi connectivity index (χ2v) is 10.3. The van der Waals surface area contributed by atoms with E-state index >= 15 is 0 Å². The fourth-order valence-corrected chi connectivity index (χ4v) is 5.70. The van der Waals surface area contributed by atoms with E-state index in [0.29, 0.717) is 13.0 Å². The fourth-order valence-electron chi connectivity index (χ4n) is 3.41. The van der Waals surface area contributed by atoms with Gasteiger partial charge in [0.1, 0.15) is 0 Å². The Bertz CT molecular complexity index is 798. The Morgan fingerprint density at radius 1 is 1.29 bits per heavy atom. The zero-order valence-corrected chi connectivity index (χ0v) is 18.4. The Morgan fingerprint density at radius 3 is 2.61 bits per heavy atom. The molecular formula is C19H30N3O4S2+. The second kappa shape index (κ2) is 10.3. The third-order valence-corrected chi connectivity index (χ3v) is 7.28. The van der Waals surface area contributed by atoms with E-state index in [1.165, 1.54) is 0 Å². The number of thioether (sulfide) groups is 1. The largest absolute Gasteiger partial charge is 0.334 e. The molecule has 1 saturated heterocycles. The molecule has 1 heterocycles. The average molecular weight is 429 g/mol. The van der Waals surface area contributed by atoms with Crippen LogP contribution in [0.25, 0.3) is 0 Å². The maximum Gasteiger partial charge on any atom is 0.279 e. The predicted octanol–water partition coefficient (Wildman–Crippen LogP) is 0.287. The number of likely N-dealkylation sites (N-methyl/N-ethyl adjacent to an activating group) is 1. The van der Waals surface area contributed by atoms with E-state index in [-0.39, 0.29) is 42.5 Å². The molecule has 1 fully saturated rings. The maximum absolute atomic E-state index is 12.8. The number of carbonyl (C=O) groups excluding carboxylic acids is 2. The van der Waals surface area contributed by atoms with Crippen LogP contribution in [0.2, 0.25) is 0 Å². The Kier molecular flexibility index (Phi) is 8.33. The SMILES string of the molecule is CCCN(C(=O)C[NH+](C)CC(=O)Nc1ccccc1SC)[C@H]1CCS(=O)(=O)C1. The van der Waals surface area contributed by atoms with E-state index in [1.807, 2.05) is 37.4 Å². The molecular weight excluding hydrogens is 398 g/mol. The number of hydrogen-bond acceptors (Lipinski definition) is 5. The summed E-state index contributed by atoms with van der Waals surface area (Å²) in [7, 11) is -1.25. The zero-order valence-electron chi connectivity index (χ0n) is 16.7. The zero-order chi connectivity index (χ0) is 20.7. The van der Waals surface area contributed by atoms with Crippen LogP contribution in [-0.2, 0) is 19.4 Å². The summed E-state index contributed by atoms with van der Waals surface area (Å²) in [5.41, 5.74) is 0.767. The van der Waals surface area contributed by atoms with Gasteiger partial charge in [-0.2, -0.15) is 0 Å². The highest BCUT2D eigenvalue weighted by molar-refractivity contribution is 7.98. The lowest BCUT2D eigenvalue weighted by atomic mass is 10.2. The number of nitrogens with one attached hydrogen (secondary N) is 2. The average Bonchev–Trinajstić information content (AvgIpc) is 2.99. The number of rotatable bonds is 9. The molecule has 1 aromatic carbocycles. The molecule has 0 bridgehead atoms. The minimum atomic E-state index is -3.05. The molecule has 1 aliphatic heterocycles. The Hall–Kier alpha value is -1.58. The van der Waals surface area contributed by atoms with Crippen LogP contribution >= 0.6 is 11.8 Å². The monoisotopic (exact) mass is 428 g/mol. The molecule has 2 atom stereocenters. The Labute approximate surface area is 171 Å². The lowest BCUT2D eigenvalue weighted by Crippen LogP contribution is -3.11. The summed E-state index contributed by atoms with van der Waals surface area (Å²) in [5, 5.41) is 2.90. The molecule has 9 heteroatoms. The first-order valence-corrected chi connectivity index (χ1v) is 12.5. The van der Waals surface area contributed by atoms with Gasteiger partial charge in [0.25, 0.3) is 11.8 Å². The molecule has 0 saturated carbocycles. The smallest absolute Gasteiger partial charge is 0.279 e. The number of sulfone groups is 1. The summed E-state index contributed by atoms with van der Waals surface area (Å²) in [6, 6.07) is 7.34. The molecule has 2 rings (SSSR count). The number of hydrogen-bond donors (Lipinski definition) is 2. The first-order valence-electron chi connectivity index (χ1n) is 9.49. The van der Waals surface area contributed by atoms with Crippen LogP contribution in [0.3, 0.4) is 0 Å². The van der Waals surface area contributed by atoms with Gasteiger partial charge in [-0.05, 0) is 31.2 Å². The normalized spacial score (nSPS) is 19.2. The number of benzene rings is 1. The van der Waals surface area contributed by atoms with E-state index < -0.39 is 9.84 Å². The van der Waals surface area contributed by atoms with E-state index in [2.05, 4.69) is 5.32 Å². The summed E-state index contributed by atoms with van der Waals surface area (Å²) >= 11 is 1.56. The molecule has 28 heavy (non-hydrogen) atoms. The summed E-state index contributed by atoms with van der Waals surface area (Å²) in [4.78, 5) is 28.6. The van der Waals surface area contributed by atoms with Gasteiger partial charge in [0, 0.05) is 17.5 Å². The van der Waals surface area contributed by atoms with Crippen molar-refractivity contribution >= 4 is 39.1 Å². The molecule has 1 aliphatic rings. The molecule has 0 spiro atoms. The predicted molar refractivity (Wildman–Crippen MR) is 113 cm³/mol.